The fraction of sp³-hybridized carbons (Fsp3) is 0.237. The Morgan fingerprint density at radius 1 is 0.981 bits per heavy atom. The lowest BCUT2D eigenvalue weighted by Gasteiger charge is -2.26. The molecule has 7 rings (SSSR count). The number of carbonyl (C=O) groups is 2. The Kier molecular flexibility index (Phi) is 10.2. The van der Waals surface area contributed by atoms with Crippen LogP contribution in [0.25, 0.3) is 23.0 Å². The van der Waals surface area contributed by atoms with Gasteiger partial charge in [0.1, 0.15) is 0 Å². The molecule has 5 aromatic rings. The minimum absolute atomic E-state index is 0.153. The number of sulfonamides is 1. The van der Waals surface area contributed by atoms with Crippen molar-refractivity contribution in [2.75, 3.05) is 40.5 Å². The summed E-state index contributed by atoms with van der Waals surface area (Å²) in [5.74, 6) is -0.797. The van der Waals surface area contributed by atoms with Gasteiger partial charge in [-0.05, 0) is 55.0 Å². The van der Waals surface area contributed by atoms with E-state index in [4.69, 9.17) is 24.0 Å². The summed E-state index contributed by atoms with van der Waals surface area (Å²) >= 11 is 1.14. The first-order chi connectivity index (χ1) is 26.0. The number of fused-ring (bicyclic) bond motifs is 1. The van der Waals surface area contributed by atoms with E-state index >= 15 is 0 Å². The van der Waals surface area contributed by atoms with Crippen molar-refractivity contribution in [2.45, 2.75) is 24.8 Å². The summed E-state index contributed by atoms with van der Waals surface area (Å²) in [6.45, 7) is 4.18. The van der Waals surface area contributed by atoms with Crippen molar-refractivity contribution in [3.8, 4) is 28.4 Å². The topological polar surface area (TPSA) is 161 Å². The first-order valence-corrected chi connectivity index (χ1v) is 19.1. The maximum absolute atomic E-state index is 14.5. The molecule has 1 saturated heterocycles. The predicted octanol–water partition coefficient (Wildman–Crippen LogP) is 3.22. The first kappa shape index (κ1) is 36.7. The zero-order valence-electron chi connectivity index (χ0n) is 29.7. The third-order valence-electron chi connectivity index (χ3n) is 8.97. The van der Waals surface area contributed by atoms with Crippen molar-refractivity contribution >= 4 is 39.4 Å². The summed E-state index contributed by atoms with van der Waals surface area (Å²) in [5, 5.41) is 4.87. The molecule has 14 nitrogen and oxygen atoms in total. The van der Waals surface area contributed by atoms with E-state index in [2.05, 4.69) is 4.99 Å². The van der Waals surface area contributed by atoms with Crippen molar-refractivity contribution in [2.24, 2.45) is 4.99 Å². The number of rotatable bonds is 9. The molecular weight excluding hydrogens is 735 g/mol. The molecule has 54 heavy (non-hydrogen) atoms. The van der Waals surface area contributed by atoms with E-state index in [-0.39, 0.29) is 35.1 Å². The number of hydrogen-bond donors (Lipinski definition) is 0. The second-order valence-electron chi connectivity index (χ2n) is 12.3. The van der Waals surface area contributed by atoms with Gasteiger partial charge in [-0.15, -0.1) is 0 Å². The molecule has 0 bridgehead atoms. The van der Waals surface area contributed by atoms with Crippen LogP contribution >= 0.6 is 11.3 Å². The van der Waals surface area contributed by atoms with Gasteiger partial charge >= 0.3 is 11.9 Å². The Labute approximate surface area is 313 Å². The molecule has 3 aromatic carbocycles. The van der Waals surface area contributed by atoms with Crippen molar-refractivity contribution in [1.29, 1.82) is 0 Å². The Balaban J connectivity index is 1.37. The van der Waals surface area contributed by atoms with Crippen LogP contribution < -0.4 is 24.4 Å². The summed E-state index contributed by atoms with van der Waals surface area (Å²) in [5.41, 5.74) is 3.09. The molecule has 2 aromatic heterocycles. The molecule has 0 aliphatic carbocycles. The van der Waals surface area contributed by atoms with Crippen LogP contribution in [-0.2, 0) is 29.1 Å². The summed E-state index contributed by atoms with van der Waals surface area (Å²) in [4.78, 5) is 44.6. The summed E-state index contributed by atoms with van der Waals surface area (Å²) in [7, 11) is -1.05. The molecule has 278 valence electrons. The molecule has 0 radical (unpaired) electrons. The van der Waals surface area contributed by atoms with Crippen molar-refractivity contribution in [1.82, 2.24) is 18.7 Å². The molecule has 1 atom stereocenters. The second-order valence-corrected chi connectivity index (χ2v) is 15.3. The van der Waals surface area contributed by atoms with Gasteiger partial charge in [-0.2, -0.15) is 9.40 Å². The number of para-hydroxylation sites is 1. The summed E-state index contributed by atoms with van der Waals surface area (Å²) < 4.78 is 52.8. The monoisotopic (exact) mass is 769 g/mol. The molecule has 2 aliphatic heterocycles. The zero-order valence-corrected chi connectivity index (χ0v) is 31.3. The number of benzene rings is 3. The highest BCUT2D eigenvalue weighted by atomic mass is 32.2. The lowest BCUT2D eigenvalue weighted by Crippen LogP contribution is -2.40. The van der Waals surface area contributed by atoms with Gasteiger partial charge in [-0.3, -0.25) is 14.2 Å². The maximum atomic E-state index is 14.5. The SMILES string of the molecule is COC(=O)C1=C(C)N=c2s/c(=C\c3cn(-c4ccccc4)nc3-c3ccc(S(=O)(=O)N4CCOCC4)cc3)c(=O)n2C1c1ccc(OC(C)=O)c(OC)c1. The van der Waals surface area contributed by atoms with Crippen LogP contribution in [0.1, 0.15) is 31.0 Å². The maximum Gasteiger partial charge on any atom is 0.338 e. The molecule has 0 spiro atoms. The lowest BCUT2D eigenvalue weighted by atomic mass is 9.95. The van der Waals surface area contributed by atoms with Crippen LogP contribution in [-0.4, -0.2) is 79.5 Å². The molecule has 1 fully saturated rings. The number of allylic oxidation sites excluding steroid dienone is 1. The van der Waals surface area contributed by atoms with Crippen molar-refractivity contribution in [3.63, 3.8) is 0 Å². The average molecular weight is 770 g/mol. The van der Waals surface area contributed by atoms with Gasteiger partial charge in [0.25, 0.3) is 5.56 Å². The van der Waals surface area contributed by atoms with Crippen LogP contribution in [0.15, 0.2) is 105 Å². The summed E-state index contributed by atoms with van der Waals surface area (Å²) in [6.07, 6.45) is 3.51. The summed E-state index contributed by atoms with van der Waals surface area (Å²) in [6, 6.07) is 19.8. The number of hydrogen-bond acceptors (Lipinski definition) is 12. The Hall–Kier alpha value is -5.68. The Bertz CT molecular complexity index is 2590. The highest BCUT2D eigenvalue weighted by Crippen LogP contribution is 2.36. The molecule has 4 heterocycles. The minimum atomic E-state index is -3.72. The van der Waals surface area contributed by atoms with Gasteiger partial charge in [0.15, 0.2) is 16.3 Å². The van der Waals surface area contributed by atoms with E-state index in [9.17, 15) is 22.8 Å². The first-order valence-electron chi connectivity index (χ1n) is 16.8. The van der Waals surface area contributed by atoms with E-state index < -0.39 is 33.6 Å². The molecule has 0 N–H and O–H groups in total. The molecule has 2 aliphatic rings. The fourth-order valence-corrected chi connectivity index (χ4v) is 8.84. The number of methoxy groups -OCH3 is 2. The molecule has 0 saturated carbocycles. The number of carbonyl (C=O) groups excluding carboxylic acids is 2. The van der Waals surface area contributed by atoms with Crippen LogP contribution in [0, 0.1) is 0 Å². The average Bonchev–Trinajstić information content (AvgIpc) is 3.74. The molecule has 16 heteroatoms. The van der Waals surface area contributed by atoms with Gasteiger partial charge in [0.05, 0.1) is 65.6 Å². The standard InChI is InChI=1S/C38H35N5O9S2/c1-23-33(37(46)50-4)35(26-12-15-30(52-24(2)44)31(20-26)49-3)43-36(45)32(53-38(43)39-23)21-27-22-42(28-8-6-5-7-9-28)40-34(27)25-10-13-29(14-11-25)54(47,48)41-16-18-51-19-17-41/h5-15,20-22,35H,16-19H2,1-4H3/b32-21-. The number of morpholine rings is 1. The highest BCUT2D eigenvalue weighted by Gasteiger charge is 2.34. The zero-order chi connectivity index (χ0) is 38.1. The number of thiazole rings is 1. The van der Waals surface area contributed by atoms with Crippen LogP contribution in [0.2, 0.25) is 0 Å². The van der Waals surface area contributed by atoms with E-state index in [1.54, 1.807) is 60.3 Å². The van der Waals surface area contributed by atoms with E-state index in [1.165, 1.54) is 36.1 Å². The lowest BCUT2D eigenvalue weighted by molar-refractivity contribution is -0.136. The number of ether oxygens (including phenoxy) is 4. The fourth-order valence-electron chi connectivity index (χ4n) is 6.39. The third kappa shape index (κ3) is 6.91. The van der Waals surface area contributed by atoms with Gasteiger partial charge < -0.3 is 18.9 Å². The molecular formula is C38H35N5O9S2. The predicted molar refractivity (Wildman–Crippen MR) is 199 cm³/mol. The number of nitrogens with zero attached hydrogens (tertiary/aromatic N) is 5. The van der Waals surface area contributed by atoms with Gasteiger partial charge in [-0.25, -0.2) is 22.9 Å². The van der Waals surface area contributed by atoms with E-state index in [1.807, 2.05) is 30.3 Å². The quantitative estimate of drug-likeness (QED) is 0.161. The second kappa shape index (κ2) is 15.0. The Morgan fingerprint density at radius 2 is 1.70 bits per heavy atom. The van der Waals surface area contributed by atoms with Crippen LogP contribution in [0.3, 0.4) is 0 Å². The third-order valence-corrected chi connectivity index (χ3v) is 11.9. The number of esters is 2. The smallest absolute Gasteiger partial charge is 0.338 e. The van der Waals surface area contributed by atoms with Crippen LogP contribution in [0.5, 0.6) is 11.5 Å². The number of aromatic nitrogens is 3. The van der Waals surface area contributed by atoms with Gasteiger partial charge in [0.2, 0.25) is 10.0 Å². The normalized spacial score (nSPS) is 16.4. The highest BCUT2D eigenvalue weighted by molar-refractivity contribution is 7.89. The van der Waals surface area contributed by atoms with E-state index in [0.717, 1.165) is 17.0 Å². The minimum Gasteiger partial charge on any atom is -0.493 e. The van der Waals surface area contributed by atoms with Gasteiger partial charge in [0, 0.05) is 37.3 Å². The molecule has 1 unspecified atom stereocenters. The Morgan fingerprint density at radius 3 is 2.37 bits per heavy atom. The van der Waals surface area contributed by atoms with Crippen molar-refractivity contribution < 1.29 is 37.0 Å². The van der Waals surface area contributed by atoms with Crippen LogP contribution in [0.4, 0.5) is 0 Å². The van der Waals surface area contributed by atoms with Gasteiger partial charge in [-0.1, -0.05) is 47.7 Å². The van der Waals surface area contributed by atoms with E-state index in [0.29, 0.717) is 50.6 Å². The molecule has 0 amide bonds. The van der Waals surface area contributed by atoms with Crippen molar-refractivity contribution in [3.05, 3.63) is 121 Å². The largest absolute Gasteiger partial charge is 0.493 e.